The van der Waals surface area contributed by atoms with E-state index in [1.165, 1.54) is 0 Å². The van der Waals surface area contributed by atoms with E-state index >= 15 is 0 Å². The molecule has 0 bridgehead atoms. The van der Waals surface area contributed by atoms with Gasteiger partial charge in [-0.25, -0.2) is 4.79 Å². The number of para-hydroxylation sites is 1. The number of rotatable bonds is 4. The van der Waals surface area contributed by atoms with E-state index in [4.69, 9.17) is 9.15 Å². The van der Waals surface area contributed by atoms with Gasteiger partial charge >= 0.3 is 6.09 Å². The molecule has 0 radical (unpaired) electrons. The number of furan rings is 1. The molecule has 4 heteroatoms. The Morgan fingerprint density at radius 1 is 1.14 bits per heavy atom. The molecule has 0 unspecified atom stereocenters. The highest BCUT2D eigenvalue weighted by atomic mass is 16.5. The van der Waals surface area contributed by atoms with Crippen LogP contribution in [0.1, 0.15) is 31.9 Å². The van der Waals surface area contributed by atoms with Gasteiger partial charge in [0.05, 0.1) is 12.6 Å². The van der Waals surface area contributed by atoms with Crippen LogP contribution in [0.5, 0.6) is 0 Å². The van der Waals surface area contributed by atoms with Crippen molar-refractivity contribution in [3.8, 4) is 0 Å². The summed E-state index contributed by atoms with van der Waals surface area (Å²) in [6.45, 7) is 4.20. The molecular weight excluding hydrogens is 278 g/mol. The maximum Gasteiger partial charge on any atom is 0.407 e. The van der Waals surface area contributed by atoms with Crippen molar-refractivity contribution in [1.82, 2.24) is 5.32 Å². The third-order valence-corrected chi connectivity index (χ3v) is 3.78. The van der Waals surface area contributed by atoms with Crippen LogP contribution in [0.2, 0.25) is 0 Å². The van der Waals surface area contributed by atoms with Crippen molar-refractivity contribution in [2.45, 2.75) is 26.3 Å². The summed E-state index contributed by atoms with van der Waals surface area (Å²) in [7, 11) is 0. The molecule has 1 aromatic heterocycles. The van der Waals surface area contributed by atoms with Crippen molar-refractivity contribution in [1.29, 1.82) is 0 Å². The molecule has 0 aliphatic carbocycles. The van der Waals surface area contributed by atoms with Crippen molar-refractivity contribution in [2.75, 3.05) is 6.61 Å². The lowest BCUT2D eigenvalue weighted by molar-refractivity contribution is 0.147. The summed E-state index contributed by atoms with van der Waals surface area (Å²) >= 11 is 0. The number of nitrogens with one attached hydrogen (secondary N) is 1. The highest BCUT2D eigenvalue weighted by molar-refractivity contribution is 6.05. The number of hydrogen-bond donors (Lipinski definition) is 1. The van der Waals surface area contributed by atoms with Gasteiger partial charge in [-0.05, 0) is 37.1 Å². The number of alkyl carbamates (subject to hydrolysis) is 1. The molecule has 3 rings (SSSR count). The molecule has 0 saturated carbocycles. The largest absolute Gasteiger partial charge is 0.456 e. The Labute approximate surface area is 129 Å². The zero-order valence-electron chi connectivity index (χ0n) is 12.8. The van der Waals surface area contributed by atoms with E-state index in [0.717, 1.165) is 33.9 Å². The fraction of sp³-hybridized carbons (Fsp3) is 0.278. The Hall–Kier alpha value is -2.49. The minimum absolute atomic E-state index is 0.0721. The van der Waals surface area contributed by atoms with Gasteiger partial charge in [0.15, 0.2) is 0 Å². The van der Waals surface area contributed by atoms with Crippen LogP contribution in [0.25, 0.3) is 21.9 Å². The standard InChI is InChI=1S/C18H19NO3/c1-3-15(19-18(20)21-4-2)12-9-10-17-14(11-12)13-7-5-6-8-16(13)22-17/h5-11,15H,3-4H2,1-2H3,(H,19,20)/t15-/m0/s1. The van der Waals surface area contributed by atoms with Crippen molar-refractivity contribution in [2.24, 2.45) is 0 Å². The van der Waals surface area contributed by atoms with Crippen LogP contribution in [-0.4, -0.2) is 12.7 Å². The summed E-state index contributed by atoms with van der Waals surface area (Å²) in [5.74, 6) is 0. The van der Waals surface area contributed by atoms with E-state index in [0.29, 0.717) is 6.61 Å². The van der Waals surface area contributed by atoms with E-state index < -0.39 is 0 Å². The van der Waals surface area contributed by atoms with E-state index in [9.17, 15) is 4.79 Å². The molecule has 1 amide bonds. The SMILES string of the molecule is CCOC(=O)N[C@@H](CC)c1ccc2oc3ccccc3c2c1. The highest BCUT2D eigenvalue weighted by Crippen LogP contribution is 2.31. The maximum absolute atomic E-state index is 11.7. The highest BCUT2D eigenvalue weighted by Gasteiger charge is 2.15. The van der Waals surface area contributed by atoms with Gasteiger partial charge in [0.25, 0.3) is 0 Å². The fourth-order valence-corrected chi connectivity index (χ4v) is 2.70. The second-order valence-electron chi connectivity index (χ2n) is 5.18. The first-order valence-electron chi connectivity index (χ1n) is 7.57. The summed E-state index contributed by atoms with van der Waals surface area (Å²) in [6.07, 6.45) is 0.409. The summed E-state index contributed by atoms with van der Waals surface area (Å²) in [6, 6.07) is 13.9. The number of carbonyl (C=O) groups is 1. The predicted molar refractivity (Wildman–Crippen MR) is 86.9 cm³/mol. The molecular formula is C18H19NO3. The first-order chi connectivity index (χ1) is 10.7. The summed E-state index contributed by atoms with van der Waals surface area (Å²) in [5, 5.41) is 5.05. The minimum Gasteiger partial charge on any atom is -0.456 e. The molecule has 0 saturated heterocycles. The van der Waals surface area contributed by atoms with Gasteiger partial charge < -0.3 is 14.5 Å². The molecule has 1 heterocycles. The number of carbonyl (C=O) groups excluding carboxylic acids is 1. The molecule has 0 fully saturated rings. The van der Waals surface area contributed by atoms with Crippen LogP contribution in [0.3, 0.4) is 0 Å². The topological polar surface area (TPSA) is 51.5 Å². The van der Waals surface area contributed by atoms with Gasteiger partial charge in [0.2, 0.25) is 0 Å². The Bertz CT molecular complexity index is 806. The first-order valence-corrected chi connectivity index (χ1v) is 7.57. The number of benzene rings is 2. The van der Waals surface area contributed by atoms with Crippen molar-refractivity contribution in [3.63, 3.8) is 0 Å². The normalized spacial score (nSPS) is 12.5. The number of fused-ring (bicyclic) bond motifs is 3. The van der Waals surface area contributed by atoms with Crippen LogP contribution in [0, 0.1) is 0 Å². The first kappa shape index (κ1) is 14.4. The Balaban J connectivity index is 1.99. The second-order valence-corrected chi connectivity index (χ2v) is 5.18. The van der Waals surface area contributed by atoms with Gasteiger partial charge in [-0.1, -0.05) is 31.2 Å². The van der Waals surface area contributed by atoms with Crippen molar-refractivity contribution >= 4 is 28.0 Å². The lowest BCUT2D eigenvalue weighted by Gasteiger charge is -2.17. The average molecular weight is 297 g/mol. The van der Waals surface area contributed by atoms with Gasteiger partial charge in [0.1, 0.15) is 11.2 Å². The van der Waals surface area contributed by atoms with Crippen molar-refractivity contribution in [3.05, 3.63) is 48.0 Å². The van der Waals surface area contributed by atoms with Crippen LogP contribution in [0.4, 0.5) is 4.79 Å². The van der Waals surface area contributed by atoms with E-state index in [1.54, 1.807) is 6.92 Å². The van der Waals surface area contributed by atoms with E-state index in [1.807, 2.05) is 43.3 Å². The molecule has 114 valence electrons. The summed E-state index contributed by atoms with van der Waals surface area (Å²) < 4.78 is 10.8. The van der Waals surface area contributed by atoms with Gasteiger partial charge in [-0.15, -0.1) is 0 Å². The van der Waals surface area contributed by atoms with E-state index in [-0.39, 0.29) is 12.1 Å². The third kappa shape index (κ3) is 2.64. The third-order valence-electron chi connectivity index (χ3n) is 3.78. The van der Waals surface area contributed by atoms with Crippen molar-refractivity contribution < 1.29 is 13.9 Å². The zero-order valence-corrected chi connectivity index (χ0v) is 12.8. The number of ether oxygens (including phenoxy) is 1. The lowest BCUT2D eigenvalue weighted by atomic mass is 10.0. The smallest absolute Gasteiger partial charge is 0.407 e. The second kappa shape index (κ2) is 6.10. The van der Waals surface area contributed by atoms with Gasteiger partial charge in [0, 0.05) is 10.8 Å². The maximum atomic E-state index is 11.7. The monoisotopic (exact) mass is 297 g/mol. The molecule has 3 aromatic rings. The predicted octanol–water partition coefficient (Wildman–Crippen LogP) is 4.78. The van der Waals surface area contributed by atoms with E-state index in [2.05, 4.69) is 11.4 Å². The zero-order chi connectivity index (χ0) is 15.5. The van der Waals surface area contributed by atoms with Crippen LogP contribution in [0.15, 0.2) is 46.9 Å². The molecule has 0 spiro atoms. The number of amides is 1. The molecule has 0 aliphatic rings. The lowest BCUT2D eigenvalue weighted by Crippen LogP contribution is -2.28. The Kier molecular flexibility index (Phi) is 4.00. The Morgan fingerprint density at radius 3 is 2.68 bits per heavy atom. The molecule has 0 aliphatic heterocycles. The Morgan fingerprint density at radius 2 is 1.91 bits per heavy atom. The number of hydrogen-bond acceptors (Lipinski definition) is 3. The average Bonchev–Trinajstić information content (AvgIpc) is 2.90. The molecule has 1 atom stereocenters. The summed E-state index contributed by atoms with van der Waals surface area (Å²) in [4.78, 5) is 11.7. The minimum atomic E-state index is -0.383. The van der Waals surface area contributed by atoms with Crippen LogP contribution < -0.4 is 5.32 Å². The molecule has 4 nitrogen and oxygen atoms in total. The van der Waals surface area contributed by atoms with Gasteiger partial charge in [-0.2, -0.15) is 0 Å². The quantitative estimate of drug-likeness (QED) is 0.753. The molecule has 1 N–H and O–H groups in total. The fourth-order valence-electron chi connectivity index (χ4n) is 2.70. The molecule has 22 heavy (non-hydrogen) atoms. The van der Waals surface area contributed by atoms with Crippen LogP contribution >= 0.6 is 0 Å². The summed E-state index contributed by atoms with van der Waals surface area (Å²) in [5.41, 5.74) is 2.78. The van der Waals surface area contributed by atoms with Crippen LogP contribution in [-0.2, 0) is 4.74 Å². The molecule has 2 aromatic carbocycles. The van der Waals surface area contributed by atoms with Gasteiger partial charge in [-0.3, -0.25) is 0 Å².